The lowest BCUT2D eigenvalue weighted by atomic mass is 10.2. The molecule has 1 rings (SSSR count). The van der Waals surface area contributed by atoms with E-state index in [1.807, 2.05) is 13.8 Å². The van der Waals surface area contributed by atoms with Crippen LogP contribution in [-0.4, -0.2) is 11.0 Å². The minimum Gasteiger partial charge on any atom is -0.398 e. The van der Waals surface area contributed by atoms with E-state index in [0.29, 0.717) is 12.1 Å². The highest BCUT2D eigenvalue weighted by Crippen LogP contribution is 2.44. The summed E-state index contributed by atoms with van der Waals surface area (Å²) in [7, 11) is -3.81. The summed E-state index contributed by atoms with van der Waals surface area (Å²) >= 11 is 0. The van der Waals surface area contributed by atoms with Gasteiger partial charge in [-0.05, 0) is 32.4 Å². The van der Waals surface area contributed by atoms with Gasteiger partial charge in [0.2, 0.25) is 0 Å². The maximum atomic E-state index is 12.0. The highest BCUT2D eigenvalue weighted by Gasteiger charge is 2.27. The molecule has 16 heavy (non-hydrogen) atoms. The van der Waals surface area contributed by atoms with Gasteiger partial charge in [0.25, 0.3) is 0 Å². The van der Waals surface area contributed by atoms with Crippen molar-refractivity contribution < 1.29 is 14.0 Å². The van der Waals surface area contributed by atoms with Gasteiger partial charge in [-0.25, -0.2) is 0 Å². The second-order valence-corrected chi connectivity index (χ2v) is 5.64. The largest absolute Gasteiger partial charge is 0.398 e. The lowest BCUT2D eigenvalue weighted by Gasteiger charge is -2.18. The molecule has 0 aromatic heterocycles. The first-order valence-electron chi connectivity index (χ1n) is 5.24. The zero-order valence-electron chi connectivity index (χ0n) is 9.80. The van der Waals surface area contributed by atoms with Crippen LogP contribution >= 0.6 is 7.60 Å². The molecule has 0 heterocycles. The smallest absolute Gasteiger partial charge is 0.361 e. The molecule has 0 aliphatic heterocycles. The van der Waals surface area contributed by atoms with Crippen molar-refractivity contribution in [3.05, 3.63) is 23.8 Å². The number of aryl methyl sites for hydroxylation is 1. The van der Waals surface area contributed by atoms with Gasteiger partial charge in [0.15, 0.2) is 0 Å². The Morgan fingerprint density at radius 2 is 2.19 bits per heavy atom. The Bertz CT molecular complexity index is 420. The molecule has 0 saturated carbocycles. The molecule has 0 radical (unpaired) electrons. The molecule has 0 saturated heterocycles. The number of hydrogen-bond donors (Lipinski definition) is 2. The number of rotatable bonds is 4. The van der Waals surface area contributed by atoms with Gasteiger partial charge >= 0.3 is 7.60 Å². The molecule has 3 N–H and O–H groups in total. The Hall–Kier alpha value is -0.830. The van der Waals surface area contributed by atoms with Crippen LogP contribution in [0, 0.1) is 6.92 Å². The summed E-state index contributed by atoms with van der Waals surface area (Å²) < 4.78 is 17.2. The summed E-state index contributed by atoms with van der Waals surface area (Å²) in [6, 6.07) is 5.01. The van der Waals surface area contributed by atoms with Crippen molar-refractivity contribution in [2.75, 3.05) is 5.73 Å². The predicted octanol–water partition coefficient (Wildman–Crippen LogP) is 2.20. The third-order valence-electron chi connectivity index (χ3n) is 2.39. The monoisotopic (exact) mass is 243 g/mol. The van der Waals surface area contributed by atoms with E-state index in [2.05, 4.69) is 0 Å². The van der Waals surface area contributed by atoms with Crippen molar-refractivity contribution in [1.29, 1.82) is 0 Å². The predicted molar refractivity (Wildman–Crippen MR) is 65.9 cm³/mol. The van der Waals surface area contributed by atoms with Gasteiger partial charge in [-0.15, -0.1) is 0 Å². The zero-order valence-corrected chi connectivity index (χ0v) is 10.7. The quantitative estimate of drug-likeness (QED) is 0.628. The van der Waals surface area contributed by atoms with Crippen molar-refractivity contribution in [3.8, 4) is 0 Å². The molecule has 1 aromatic carbocycles. The molecule has 5 heteroatoms. The van der Waals surface area contributed by atoms with E-state index in [0.717, 1.165) is 5.56 Å². The van der Waals surface area contributed by atoms with Gasteiger partial charge in [-0.2, -0.15) is 0 Å². The van der Waals surface area contributed by atoms with Gasteiger partial charge < -0.3 is 15.2 Å². The Labute approximate surface area is 96.0 Å². The van der Waals surface area contributed by atoms with Crippen molar-refractivity contribution in [1.82, 2.24) is 0 Å². The average Bonchev–Trinajstić information content (AvgIpc) is 2.20. The third-order valence-corrected chi connectivity index (χ3v) is 4.03. The third kappa shape index (κ3) is 3.08. The van der Waals surface area contributed by atoms with Gasteiger partial charge in [0, 0.05) is 5.69 Å². The average molecular weight is 243 g/mol. The SMILES string of the molecule is CCC(C)OP(=O)(O)c1cc(C)ccc1N. The van der Waals surface area contributed by atoms with Crippen LogP contribution in [0.4, 0.5) is 5.69 Å². The van der Waals surface area contributed by atoms with Gasteiger partial charge in [0.1, 0.15) is 0 Å². The summed E-state index contributed by atoms with van der Waals surface area (Å²) in [6.45, 7) is 5.49. The van der Waals surface area contributed by atoms with Crippen LogP contribution in [-0.2, 0) is 9.09 Å². The van der Waals surface area contributed by atoms with Crippen LogP contribution < -0.4 is 11.0 Å². The number of nitrogen functional groups attached to an aromatic ring is 1. The minimum atomic E-state index is -3.81. The van der Waals surface area contributed by atoms with Crippen LogP contribution in [0.15, 0.2) is 18.2 Å². The lowest BCUT2D eigenvalue weighted by Crippen LogP contribution is -2.16. The molecule has 0 spiro atoms. The lowest BCUT2D eigenvalue weighted by molar-refractivity contribution is 0.192. The first-order valence-corrected chi connectivity index (χ1v) is 6.82. The molecule has 0 aliphatic carbocycles. The Balaban J connectivity index is 3.06. The van der Waals surface area contributed by atoms with Gasteiger partial charge in [-0.1, -0.05) is 18.6 Å². The van der Waals surface area contributed by atoms with E-state index in [-0.39, 0.29) is 11.4 Å². The highest BCUT2D eigenvalue weighted by molar-refractivity contribution is 7.61. The van der Waals surface area contributed by atoms with Crippen molar-refractivity contribution in [2.45, 2.75) is 33.3 Å². The summed E-state index contributed by atoms with van der Waals surface area (Å²) in [6.07, 6.45) is 0.409. The first-order chi connectivity index (χ1) is 7.36. The second-order valence-electron chi connectivity index (χ2n) is 3.91. The molecular formula is C11H18NO3P. The number of anilines is 1. The fraction of sp³-hybridized carbons (Fsp3) is 0.455. The Morgan fingerprint density at radius 3 is 2.75 bits per heavy atom. The fourth-order valence-electron chi connectivity index (χ4n) is 1.27. The Morgan fingerprint density at radius 1 is 1.56 bits per heavy atom. The maximum absolute atomic E-state index is 12.0. The number of benzene rings is 1. The summed E-state index contributed by atoms with van der Waals surface area (Å²) in [4.78, 5) is 9.85. The topological polar surface area (TPSA) is 72.5 Å². The summed E-state index contributed by atoms with van der Waals surface area (Å²) in [5, 5.41) is 0.188. The highest BCUT2D eigenvalue weighted by atomic mass is 31.2. The molecule has 0 amide bonds. The molecule has 1 aromatic rings. The first kappa shape index (κ1) is 13.2. The molecule has 0 fully saturated rings. The molecule has 0 aliphatic rings. The molecule has 2 atom stereocenters. The number of hydrogen-bond acceptors (Lipinski definition) is 3. The summed E-state index contributed by atoms with van der Waals surface area (Å²) in [5.74, 6) is 0. The maximum Gasteiger partial charge on any atom is 0.361 e. The van der Waals surface area contributed by atoms with Gasteiger partial charge in [0.05, 0.1) is 11.4 Å². The fourth-order valence-corrected chi connectivity index (χ4v) is 2.79. The van der Waals surface area contributed by atoms with E-state index in [4.69, 9.17) is 10.3 Å². The van der Waals surface area contributed by atoms with E-state index in [1.54, 1.807) is 25.1 Å². The van der Waals surface area contributed by atoms with Crippen LogP contribution in [0.1, 0.15) is 25.8 Å². The molecule has 2 unspecified atom stereocenters. The van der Waals surface area contributed by atoms with Crippen LogP contribution in [0.25, 0.3) is 0 Å². The normalized spacial score (nSPS) is 16.8. The van der Waals surface area contributed by atoms with E-state index in [9.17, 15) is 9.46 Å². The summed E-state index contributed by atoms with van der Waals surface area (Å²) in [5.41, 5.74) is 6.85. The van der Waals surface area contributed by atoms with E-state index < -0.39 is 7.60 Å². The van der Waals surface area contributed by atoms with Crippen LogP contribution in [0.5, 0.6) is 0 Å². The van der Waals surface area contributed by atoms with Crippen molar-refractivity contribution in [2.24, 2.45) is 0 Å². The van der Waals surface area contributed by atoms with Crippen molar-refractivity contribution in [3.63, 3.8) is 0 Å². The molecule has 4 nitrogen and oxygen atoms in total. The minimum absolute atomic E-state index is 0.188. The van der Waals surface area contributed by atoms with Gasteiger partial charge in [-0.3, -0.25) is 4.57 Å². The standard InChI is InChI=1S/C11H18NO3P/c1-4-9(3)15-16(13,14)11-7-8(2)5-6-10(11)12/h5-7,9H,4,12H2,1-3H3,(H,13,14). The van der Waals surface area contributed by atoms with E-state index in [1.165, 1.54) is 0 Å². The molecular weight excluding hydrogens is 225 g/mol. The molecule has 0 bridgehead atoms. The zero-order chi connectivity index (χ0) is 12.3. The number of nitrogens with two attached hydrogens (primary N) is 1. The van der Waals surface area contributed by atoms with Crippen LogP contribution in [0.3, 0.4) is 0 Å². The Kier molecular flexibility index (Phi) is 4.14. The van der Waals surface area contributed by atoms with Crippen molar-refractivity contribution >= 4 is 18.6 Å². The van der Waals surface area contributed by atoms with E-state index >= 15 is 0 Å². The van der Waals surface area contributed by atoms with Crippen LogP contribution in [0.2, 0.25) is 0 Å². The second kappa shape index (κ2) is 5.00. The molecule has 90 valence electrons.